The van der Waals surface area contributed by atoms with Crippen molar-refractivity contribution in [2.45, 2.75) is 38.8 Å². The van der Waals surface area contributed by atoms with Crippen LogP contribution in [0.25, 0.3) is 0 Å². The van der Waals surface area contributed by atoms with Crippen molar-refractivity contribution < 1.29 is 9.18 Å². The van der Waals surface area contributed by atoms with Gasteiger partial charge in [0.05, 0.1) is 12.7 Å². The number of pyridine rings is 1. The third-order valence-electron chi connectivity index (χ3n) is 3.12. The van der Waals surface area contributed by atoms with Crippen molar-refractivity contribution in [3.8, 4) is 0 Å². The molecule has 0 amide bonds. The zero-order valence-electron chi connectivity index (χ0n) is 10.4. The fourth-order valence-corrected chi connectivity index (χ4v) is 2.30. The first-order valence-corrected chi connectivity index (χ1v) is 5.77. The lowest BCUT2D eigenvalue weighted by Gasteiger charge is -2.36. The Morgan fingerprint density at radius 1 is 1.41 bits per heavy atom. The number of ketones is 1. The first kappa shape index (κ1) is 12.2. The molecule has 0 unspecified atom stereocenters. The van der Waals surface area contributed by atoms with Crippen LogP contribution in [0.5, 0.6) is 0 Å². The van der Waals surface area contributed by atoms with Gasteiger partial charge < -0.3 is 0 Å². The number of likely N-dealkylation sites (tertiary alicyclic amines) is 1. The second kappa shape index (κ2) is 4.18. The maximum absolute atomic E-state index is 13.2. The van der Waals surface area contributed by atoms with E-state index in [4.69, 9.17) is 0 Å². The Morgan fingerprint density at radius 2 is 2.12 bits per heavy atom. The van der Waals surface area contributed by atoms with Crippen molar-refractivity contribution >= 4 is 5.78 Å². The van der Waals surface area contributed by atoms with E-state index in [9.17, 15) is 9.18 Å². The van der Waals surface area contributed by atoms with Gasteiger partial charge in [-0.15, -0.1) is 0 Å². The predicted octanol–water partition coefficient (Wildman–Crippen LogP) is 2.34. The fourth-order valence-electron chi connectivity index (χ4n) is 2.30. The molecule has 0 N–H and O–H groups in total. The van der Waals surface area contributed by atoms with Crippen LogP contribution >= 0.6 is 0 Å². The summed E-state index contributed by atoms with van der Waals surface area (Å²) in [5, 5.41) is 0. The summed E-state index contributed by atoms with van der Waals surface area (Å²) in [5.41, 5.74) is 0.675. The van der Waals surface area contributed by atoms with Gasteiger partial charge in [-0.1, -0.05) is 0 Å². The lowest BCUT2D eigenvalue weighted by atomic mass is 10.0. The van der Waals surface area contributed by atoms with Crippen LogP contribution in [-0.2, 0) is 4.79 Å². The molecule has 92 valence electrons. The Hall–Kier alpha value is -1.29. The Labute approximate surface area is 101 Å². The van der Waals surface area contributed by atoms with Gasteiger partial charge in [0.15, 0.2) is 0 Å². The van der Waals surface area contributed by atoms with Gasteiger partial charge in [0, 0.05) is 24.2 Å². The molecule has 1 aromatic rings. The number of nitrogens with zero attached hydrogens (tertiary/aromatic N) is 2. The summed E-state index contributed by atoms with van der Waals surface area (Å²) in [6.45, 7) is 6.62. The summed E-state index contributed by atoms with van der Waals surface area (Å²) < 4.78 is 13.2. The minimum absolute atomic E-state index is 0.0503. The van der Waals surface area contributed by atoms with Gasteiger partial charge in [0.2, 0.25) is 0 Å². The van der Waals surface area contributed by atoms with Crippen molar-refractivity contribution in [2.24, 2.45) is 0 Å². The molecule has 3 nitrogen and oxygen atoms in total. The second-order valence-corrected chi connectivity index (χ2v) is 5.49. The summed E-state index contributed by atoms with van der Waals surface area (Å²) in [6.07, 6.45) is 3.27. The third kappa shape index (κ3) is 2.52. The van der Waals surface area contributed by atoms with Crippen LogP contribution in [-0.4, -0.2) is 27.8 Å². The normalized spacial score (nSPS) is 22.1. The lowest BCUT2D eigenvalue weighted by Crippen LogP contribution is -2.41. The van der Waals surface area contributed by atoms with Crippen molar-refractivity contribution in [3.05, 3.63) is 29.8 Å². The Morgan fingerprint density at radius 3 is 2.71 bits per heavy atom. The average Bonchev–Trinajstić information content (AvgIpc) is 2.60. The Bertz CT molecular complexity index is 439. The molecule has 1 atom stereocenters. The van der Waals surface area contributed by atoms with Gasteiger partial charge in [-0.3, -0.25) is 14.7 Å². The number of rotatable bonds is 1. The predicted molar refractivity (Wildman–Crippen MR) is 63.0 cm³/mol. The molecule has 2 rings (SSSR count). The molecule has 0 aliphatic carbocycles. The van der Waals surface area contributed by atoms with Crippen molar-refractivity contribution in [1.29, 1.82) is 0 Å². The summed E-state index contributed by atoms with van der Waals surface area (Å²) in [6, 6.07) is 1.42. The maximum Gasteiger partial charge on any atom is 0.148 e. The van der Waals surface area contributed by atoms with Crippen molar-refractivity contribution in [2.75, 3.05) is 6.54 Å². The largest absolute Gasteiger partial charge is 0.298 e. The standard InChI is InChI=1S/C13H17FN2O/c1-13(2,3)16-8-11(17)5-12(16)9-4-10(14)7-15-6-9/h4,6-7,12H,5,8H2,1-3H3/t12-/m1/s1. The molecule has 0 radical (unpaired) electrons. The van der Waals surface area contributed by atoms with Gasteiger partial charge in [-0.05, 0) is 32.4 Å². The van der Waals surface area contributed by atoms with Crippen LogP contribution in [0.15, 0.2) is 18.5 Å². The molecule has 0 bridgehead atoms. The van der Waals surface area contributed by atoms with Crippen LogP contribution in [0.2, 0.25) is 0 Å². The topological polar surface area (TPSA) is 33.2 Å². The minimum atomic E-state index is -0.351. The van der Waals surface area contributed by atoms with Crippen LogP contribution in [0.3, 0.4) is 0 Å². The molecule has 1 fully saturated rings. The number of hydrogen-bond donors (Lipinski definition) is 0. The molecular weight excluding hydrogens is 219 g/mol. The average molecular weight is 236 g/mol. The highest BCUT2D eigenvalue weighted by Crippen LogP contribution is 2.35. The van der Waals surface area contributed by atoms with E-state index in [1.54, 1.807) is 6.20 Å². The highest BCUT2D eigenvalue weighted by atomic mass is 19.1. The van der Waals surface area contributed by atoms with Gasteiger partial charge in [0.1, 0.15) is 11.6 Å². The fraction of sp³-hybridized carbons (Fsp3) is 0.538. The van der Waals surface area contributed by atoms with E-state index in [2.05, 4.69) is 30.7 Å². The van der Waals surface area contributed by atoms with Gasteiger partial charge >= 0.3 is 0 Å². The van der Waals surface area contributed by atoms with E-state index in [0.717, 1.165) is 5.56 Å². The van der Waals surface area contributed by atoms with Crippen molar-refractivity contribution in [3.63, 3.8) is 0 Å². The monoisotopic (exact) mass is 236 g/mol. The zero-order chi connectivity index (χ0) is 12.6. The van der Waals surface area contributed by atoms with Gasteiger partial charge in [-0.2, -0.15) is 0 Å². The van der Waals surface area contributed by atoms with Gasteiger partial charge in [0.25, 0.3) is 0 Å². The molecule has 1 aromatic heterocycles. The minimum Gasteiger partial charge on any atom is -0.298 e. The SMILES string of the molecule is CC(C)(C)N1CC(=O)C[C@@H]1c1cncc(F)c1. The van der Waals surface area contributed by atoms with E-state index in [-0.39, 0.29) is 23.2 Å². The van der Waals surface area contributed by atoms with E-state index >= 15 is 0 Å². The molecule has 4 heteroatoms. The molecule has 1 saturated heterocycles. The summed E-state index contributed by atoms with van der Waals surface area (Å²) >= 11 is 0. The first-order chi connectivity index (χ1) is 7.88. The molecule has 1 aliphatic heterocycles. The third-order valence-corrected chi connectivity index (χ3v) is 3.12. The van der Waals surface area contributed by atoms with E-state index in [1.165, 1.54) is 12.3 Å². The highest BCUT2D eigenvalue weighted by Gasteiger charge is 2.38. The maximum atomic E-state index is 13.2. The number of carbonyl (C=O) groups is 1. The Kier molecular flexibility index (Phi) is 3.00. The molecule has 2 heterocycles. The lowest BCUT2D eigenvalue weighted by molar-refractivity contribution is -0.117. The number of Topliss-reactive ketones (excluding diaryl/α,β-unsaturated/α-hetero) is 1. The summed E-state index contributed by atoms with van der Waals surface area (Å²) in [4.78, 5) is 17.6. The molecule has 0 saturated carbocycles. The van der Waals surface area contributed by atoms with Crippen molar-refractivity contribution in [1.82, 2.24) is 9.88 Å². The zero-order valence-corrected chi connectivity index (χ0v) is 10.4. The molecule has 17 heavy (non-hydrogen) atoms. The summed E-state index contributed by atoms with van der Waals surface area (Å²) in [7, 11) is 0. The Balaban J connectivity index is 2.33. The van der Waals surface area contributed by atoms with Crippen LogP contribution < -0.4 is 0 Å². The number of halogens is 1. The van der Waals surface area contributed by atoms with E-state index < -0.39 is 0 Å². The molecule has 0 aromatic carbocycles. The molecule has 0 spiro atoms. The molecule has 1 aliphatic rings. The van der Waals surface area contributed by atoms with Gasteiger partial charge in [-0.25, -0.2) is 4.39 Å². The smallest absolute Gasteiger partial charge is 0.148 e. The van der Waals surface area contributed by atoms with E-state index in [0.29, 0.717) is 13.0 Å². The van der Waals surface area contributed by atoms with Crippen LogP contribution in [0, 0.1) is 5.82 Å². The second-order valence-electron chi connectivity index (χ2n) is 5.49. The quantitative estimate of drug-likeness (QED) is 0.750. The van der Waals surface area contributed by atoms with E-state index in [1.807, 2.05) is 0 Å². The highest BCUT2D eigenvalue weighted by molar-refractivity contribution is 5.83. The number of aromatic nitrogens is 1. The van der Waals surface area contributed by atoms with Crippen LogP contribution in [0.1, 0.15) is 38.8 Å². The summed E-state index contributed by atoms with van der Waals surface area (Å²) in [5.74, 6) is -0.148. The number of hydrogen-bond acceptors (Lipinski definition) is 3. The first-order valence-electron chi connectivity index (χ1n) is 5.77. The van der Waals surface area contributed by atoms with Crippen LogP contribution in [0.4, 0.5) is 4.39 Å². The number of carbonyl (C=O) groups excluding carboxylic acids is 1. The molecular formula is C13H17FN2O.